The van der Waals surface area contributed by atoms with Gasteiger partial charge in [0.2, 0.25) is 0 Å². The first kappa shape index (κ1) is 11.8. The third-order valence-electron chi connectivity index (χ3n) is 0.991. The highest BCUT2D eigenvalue weighted by atomic mass is 32.3. The summed E-state index contributed by atoms with van der Waals surface area (Å²) in [5.74, 6) is -4.80. The Morgan fingerprint density at radius 3 is 1.67 bits per heavy atom. The largest absolute Gasteiger partial charge is 0.428 e. The van der Waals surface area contributed by atoms with Crippen molar-refractivity contribution in [3.63, 3.8) is 0 Å². The maximum atomic E-state index is 11.9. The summed E-state index contributed by atoms with van der Waals surface area (Å²) in [5, 5.41) is 0. The summed E-state index contributed by atoms with van der Waals surface area (Å²) in [5.41, 5.74) is 0. The summed E-state index contributed by atoms with van der Waals surface area (Å²) < 4.78 is 70.1. The van der Waals surface area contributed by atoms with E-state index in [9.17, 15) is 25.5 Å². The Balaban J connectivity index is 4.67. The van der Waals surface area contributed by atoms with Gasteiger partial charge in [-0.15, -0.1) is 0 Å². The molecule has 74 valence electrons. The Hall–Kier alpha value is -0.153. The zero-order chi connectivity index (χ0) is 10.2. The minimum absolute atomic E-state index is 0.546. The summed E-state index contributed by atoms with van der Waals surface area (Å²) in [7, 11) is -10.0. The number of alkyl halides is 3. The van der Waals surface area contributed by atoms with Gasteiger partial charge in [0, 0.05) is 0 Å². The van der Waals surface area contributed by atoms with Crippen LogP contribution in [0.3, 0.4) is 0 Å². The van der Waals surface area contributed by atoms with E-state index in [0.717, 1.165) is 0 Å². The Labute approximate surface area is 67.9 Å². The van der Waals surface area contributed by atoms with Crippen molar-refractivity contribution in [1.82, 2.24) is 0 Å². The van der Waals surface area contributed by atoms with Gasteiger partial charge in [-0.3, -0.25) is 3.87 Å². The Bertz CT molecular complexity index is 255. The quantitative estimate of drug-likeness (QED) is 0.407. The summed E-state index contributed by atoms with van der Waals surface area (Å²) in [6.45, 7) is 1.09. The van der Waals surface area contributed by atoms with Gasteiger partial charge in [-0.2, -0.15) is 21.6 Å². The van der Waals surface area contributed by atoms with Crippen molar-refractivity contribution in [3.05, 3.63) is 0 Å². The van der Waals surface area contributed by atoms with Crippen molar-refractivity contribution < 1.29 is 29.3 Å². The van der Waals surface area contributed by atoms with Gasteiger partial charge in [0.25, 0.3) is 0 Å². The van der Waals surface area contributed by atoms with Crippen LogP contribution in [0.2, 0.25) is 13.1 Å². The van der Waals surface area contributed by atoms with Crippen LogP contribution in [0.1, 0.15) is 0 Å². The lowest BCUT2D eigenvalue weighted by molar-refractivity contribution is -0.0662. The van der Waals surface area contributed by atoms with Crippen molar-refractivity contribution >= 4 is 18.8 Å². The van der Waals surface area contributed by atoms with Crippen molar-refractivity contribution in [2.45, 2.75) is 18.9 Å². The molecule has 0 aliphatic carbocycles. The van der Waals surface area contributed by atoms with Crippen molar-refractivity contribution in [2.24, 2.45) is 0 Å². The second-order valence-electron chi connectivity index (χ2n) is 2.48. The normalized spacial score (nSPS) is 14.8. The van der Waals surface area contributed by atoms with E-state index in [1.807, 2.05) is 0 Å². The van der Waals surface area contributed by atoms with Crippen molar-refractivity contribution in [2.75, 3.05) is 0 Å². The highest BCUT2D eigenvalue weighted by molar-refractivity contribution is 7.82. The zero-order valence-corrected chi connectivity index (χ0v) is 7.96. The molecule has 0 amide bonds. The smallest absolute Gasteiger partial charge is 0.280 e. The molecule has 0 heterocycles. The molecule has 0 aliphatic rings. The Morgan fingerprint density at radius 2 is 1.58 bits per heavy atom. The Kier molecular flexibility index (Phi) is 2.92. The van der Waals surface area contributed by atoms with Gasteiger partial charge in [0.1, 0.15) is 0 Å². The van der Waals surface area contributed by atoms with Crippen LogP contribution >= 0.6 is 0 Å². The average molecular weight is 226 g/mol. The third kappa shape index (κ3) is 3.50. The van der Waals surface area contributed by atoms with Gasteiger partial charge in [0.15, 0.2) is 0 Å². The first-order valence-electron chi connectivity index (χ1n) is 2.68. The molecule has 9 heteroatoms. The first-order chi connectivity index (χ1) is 4.96. The van der Waals surface area contributed by atoms with E-state index in [1.54, 1.807) is 0 Å². The molecule has 0 aromatic rings. The van der Waals surface area contributed by atoms with Crippen LogP contribution in [0.5, 0.6) is 0 Å². The van der Waals surface area contributed by atoms with E-state index in [0.29, 0.717) is 13.1 Å². The molecule has 0 atom stereocenters. The number of rotatable bonds is 2. The molecule has 0 aromatic carbocycles. The van der Waals surface area contributed by atoms with E-state index in [2.05, 4.69) is 3.87 Å². The predicted molar refractivity (Wildman–Crippen MR) is 34.6 cm³/mol. The minimum Gasteiger partial charge on any atom is -0.280 e. The van der Waals surface area contributed by atoms with Gasteiger partial charge in [-0.25, -0.2) is 0 Å². The van der Waals surface area contributed by atoms with Crippen LogP contribution < -0.4 is 0 Å². The van der Waals surface area contributed by atoms with Gasteiger partial charge in [0.05, 0.1) is 0 Å². The van der Waals surface area contributed by atoms with Crippen molar-refractivity contribution in [3.8, 4) is 0 Å². The molecule has 0 saturated carbocycles. The van der Waals surface area contributed by atoms with E-state index in [4.69, 9.17) is 0 Å². The molecule has 0 aromatic heterocycles. The maximum absolute atomic E-state index is 11.9. The van der Waals surface area contributed by atoms with E-state index < -0.39 is 24.6 Å². The molecule has 0 aliphatic heterocycles. The highest BCUT2D eigenvalue weighted by Crippen LogP contribution is 2.30. The molecule has 0 bridgehead atoms. The van der Waals surface area contributed by atoms with Crippen molar-refractivity contribution in [1.29, 1.82) is 0 Å². The van der Waals surface area contributed by atoms with Crippen LogP contribution in [0.4, 0.5) is 17.1 Å². The molecule has 0 N–H and O–H groups in total. The lowest BCUT2D eigenvalue weighted by Gasteiger charge is -2.21. The standard InChI is InChI=1S/C3H6F4O3SSi/c1-12(2,3(4,5)6)10-11(7,8)9/h1-2H3. The molecular weight excluding hydrogens is 220 g/mol. The molecule has 12 heavy (non-hydrogen) atoms. The molecule has 0 radical (unpaired) electrons. The maximum Gasteiger partial charge on any atom is 0.428 e. The van der Waals surface area contributed by atoms with Crippen LogP contribution in [0.15, 0.2) is 0 Å². The molecule has 0 fully saturated rings. The number of hydrogen-bond donors (Lipinski definition) is 0. The molecule has 0 saturated heterocycles. The van der Waals surface area contributed by atoms with Gasteiger partial charge in [-0.05, 0) is 13.1 Å². The summed E-state index contributed by atoms with van der Waals surface area (Å²) in [4.78, 5) is 0. The molecule has 0 unspecified atom stereocenters. The number of hydrogen-bond acceptors (Lipinski definition) is 3. The molecule has 0 spiro atoms. The number of halogens is 4. The van der Waals surface area contributed by atoms with Gasteiger partial charge >= 0.3 is 24.6 Å². The van der Waals surface area contributed by atoms with E-state index in [-0.39, 0.29) is 0 Å². The zero-order valence-electron chi connectivity index (χ0n) is 6.14. The summed E-state index contributed by atoms with van der Waals surface area (Å²) in [6.07, 6.45) is 0. The lowest BCUT2D eigenvalue weighted by Crippen LogP contribution is -2.48. The van der Waals surface area contributed by atoms with E-state index in [1.165, 1.54) is 0 Å². The first-order valence-corrected chi connectivity index (χ1v) is 6.89. The lowest BCUT2D eigenvalue weighted by atomic mass is 11.5. The van der Waals surface area contributed by atoms with E-state index >= 15 is 0 Å². The predicted octanol–water partition coefficient (Wildman–Crippen LogP) is 1.52. The Morgan fingerprint density at radius 1 is 1.25 bits per heavy atom. The molecular formula is C3H6F4O3SSi. The SMILES string of the molecule is C[Si](C)(OS(=O)(=O)F)C(F)(F)F. The van der Waals surface area contributed by atoms with Crippen LogP contribution in [0, 0.1) is 0 Å². The average Bonchev–Trinajstić information content (AvgIpc) is 1.52. The van der Waals surface area contributed by atoms with Crippen LogP contribution in [-0.2, 0) is 14.4 Å². The fourth-order valence-electron chi connectivity index (χ4n) is 0.296. The summed E-state index contributed by atoms with van der Waals surface area (Å²) in [6, 6.07) is 0. The fraction of sp³-hybridized carbons (Fsp3) is 1.00. The topological polar surface area (TPSA) is 43.4 Å². The molecule has 3 nitrogen and oxygen atoms in total. The minimum atomic E-state index is -5.52. The monoisotopic (exact) mass is 226 g/mol. The summed E-state index contributed by atoms with van der Waals surface area (Å²) >= 11 is 0. The van der Waals surface area contributed by atoms with Gasteiger partial charge < -0.3 is 0 Å². The molecule has 0 rings (SSSR count). The van der Waals surface area contributed by atoms with Crippen LogP contribution in [-0.4, -0.2) is 22.5 Å². The highest BCUT2D eigenvalue weighted by Gasteiger charge is 2.55. The van der Waals surface area contributed by atoms with Crippen LogP contribution in [0.25, 0.3) is 0 Å². The third-order valence-corrected chi connectivity index (χ3v) is 4.82. The second-order valence-corrected chi connectivity index (χ2v) is 7.52. The van der Waals surface area contributed by atoms with Gasteiger partial charge in [-0.1, -0.05) is 3.89 Å². The second kappa shape index (κ2) is 2.96. The fourth-order valence-corrected chi connectivity index (χ4v) is 2.66.